The maximum absolute atomic E-state index is 13.4. The average molecular weight is 255 g/mol. The Kier molecular flexibility index (Phi) is 3.76. The molecule has 1 aromatic carbocycles. The van der Waals surface area contributed by atoms with Gasteiger partial charge in [-0.1, -0.05) is 0 Å². The molecule has 2 rings (SSSR count). The van der Waals surface area contributed by atoms with Crippen LogP contribution in [0.25, 0.3) is 0 Å². The molecule has 3 N–H and O–H groups in total. The van der Waals surface area contributed by atoms with Crippen LogP contribution in [0.15, 0.2) is 18.2 Å². The Labute approximate surface area is 104 Å². The van der Waals surface area contributed by atoms with E-state index < -0.39 is 17.7 Å². The zero-order valence-corrected chi connectivity index (χ0v) is 9.83. The SMILES string of the molecule is NCCN(C(=O)Nc1ccc(F)cc1F)C1CC1. The van der Waals surface area contributed by atoms with Crippen molar-refractivity contribution in [1.82, 2.24) is 4.90 Å². The fourth-order valence-electron chi connectivity index (χ4n) is 1.75. The Hall–Kier alpha value is -1.69. The van der Waals surface area contributed by atoms with E-state index in [0.29, 0.717) is 13.1 Å². The van der Waals surface area contributed by atoms with E-state index in [1.165, 1.54) is 6.07 Å². The molecule has 0 atom stereocenters. The summed E-state index contributed by atoms with van der Waals surface area (Å²) in [6.07, 6.45) is 1.89. The summed E-state index contributed by atoms with van der Waals surface area (Å²) in [5.41, 5.74) is 5.41. The molecule has 0 radical (unpaired) electrons. The van der Waals surface area contributed by atoms with Crippen molar-refractivity contribution >= 4 is 11.7 Å². The van der Waals surface area contributed by atoms with Crippen molar-refractivity contribution < 1.29 is 13.6 Å². The summed E-state index contributed by atoms with van der Waals surface area (Å²) in [7, 11) is 0. The largest absolute Gasteiger partial charge is 0.329 e. The topological polar surface area (TPSA) is 58.4 Å². The standard InChI is InChI=1S/C12H15F2N3O/c13-8-1-4-11(10(14)7-8)16-12(18)17(6-5-15)9-2-3-9/h1,4,7,9H,2-3,5-6,15H2,(H,16,18). The zero-order valence-electron chi connectivity index (χ0n) is 9.83. The van der Waals surface area contributed by atoms with Gasteiger partial charge in [-0.15, -0.1) is 0 Å². The monoisotopic (exact) mass is 255 g/mol. The number of halogens is 2. The van der Waals surface area contributed by atoms with Gasteiger partial charge in [-0.3, -0.25) is 0 Å². The lowest BCUT2D eigenvalue weighted by Gasteiger charge is -2.22. The number of hydrogen-bond acceptors (Lipinski definition) is 2. The second-order valence-electron chi connectivity index (χ2n) is 4.27. The van der Waals surface area contributed by atoms with Gasteiger partial charge in [-0.25, -0.2) is 13.6 Å². The predicted octanol–water partition coefficient (Wildman–Crippen LogP) is 1.92. The van der Waals surface area contributed by atoms with Crippen LogP contribution in [0.4, 0.5) is 19.3 Å². The maximum atomic E-state index is 13.4. The summed E-state index contributed by atoms with van der Waals surface area (Å²) in [4.78, 5) is 13.5. The molecule has 4 nitrogen and oxygen atoms in total. The van der Waals surface area contributed by atoms with Gasteiger partial charge in [0.05, 0.1) is 5.69 Å². The second kappa shape index (κ2) is 5.30. The minimum Gasteiger partial charge on any atom is -0.329 e. The van der Waals surface area contributed by atoms with Crippen LogP contribution in [-0.2, 0) is 0 Å². The number of nitrogens with one attached hydrogen (secondary N) is 1. The first-order valence-electron chi connectivity index (χ1n) is 5.84. The fourth-order valence-corrected chi connectivity index (χ4v) is 1.75. The minimum absolute atomic E-state index is 0.0240. The lowest BCUT2D eigenvalue weighted by Crippen LogP contribution is -2.40. The summed E-state index contributed by atoms with van der Waals surface area (Å²) in [5, 5.41) is 2.43. The molecule has 1 aliphatic rings. The van der Waals surface area contributed by atoms with Crippen molar-refractivity contribution in [3.63, 3.8) is 0 Å². The van der Waals surface area contributed by atoms with Gasteiger partial charge in [0.15, 0.2) is 0 Å². The molecular formula is C12H15F2N3O. The Morgan fingerprint density at radius 2 is 2.17 bits per heavy atom. The van der Waals surface area contributed by atoms with Crippen LogP contribution in [0.5, 0.6) is 0 Å². The van der Waals surface area contributed by atoms with Crippen molar-refractivity contribution in [1.29, 1.82) is 0 Å². The molecule has 0 spiro atoms. The third-order valence-corrected chi connectivity index (χ3v) is 2.79. The van der Waals surface area contributed by atoms with Gasteiger partial charge in [0.25, 0.3) is 0 Å². The summed E-state index contributed by atoms with van der Waals surface area (Å²) in [5.74, 6) is -1.46. The molecule has 0 saturated heterocycles. The number of carbonyl (C=O) groups excluding carboxylic acids is 1. The van der Waals surface area contributed by atoms with Crippen LogP contribution >= 0.6 is 0 Å². The van der Waals surface area contributed by atoms with E-state index in [9.17, 15) is 13.6 Å². The predicted molar refractivity (Wildman–Crippen MR) is 64.2 cm³/mol. The summed E-state index contributed by atoms with van der Waals surface area (Å²) < 4.78 is 26.1. The first kappa shape index (κ1) is 12.8. The summed E-state index contributed by atoms with van der Waals surface area (Å²) in [6.45, 7) is 0.787. The van der Waals surface area contributed by atoms with E-state index in [0.717, 1.165) is 25.0 Å². The first-order chi connectivity index (χ1) is 8.61. The highest BCUT2D eigenvalue weighted by atomic mass is 19.1. The van der Waals surface area contributed by atoms with Crippen molar-refractivity contribution in [2.75, 3.05) is 18.4 Å². The van der Waals surface area contributed by atoms with Gasteiger partial charge < -0.3 is 16.0 Å². The molecule has 1 fully saturated rings. The molecule has 0 heterocycles. The zero-order chi connectivity index (χ0) is 13.1. The Bertz CT molecular complexity index is 449. The number of urea groups is 1. The van der Waals surface area contributed by atoms with Gasteiger partial charge in [0, 0.05) is 25.2 Å². The van der Waals surface area contributed by atoms with Crippen molar-refractivity contribution in [3.8, 4) is 0 Å². The number of carbonyl (C=O) groups is 1. The Balaban J connectivity index is 2.05. The smallest absolute Gasteiger partial charge is 0.322 e. The van der Waals surface area contributed by atoms with Gasteiger partial charge >= 0.3 is 6.03 Å². The normalized spacial score (nSPS) is 14.4. The number of nitrogens with two attached hydrogens (primary N) is 1. The van der Waals surface area contributed by atoms with Crippen LogP contribution in [0.3, 0.4) is 0 Å². The first-order valence-corrected chi connectivity index (χ1v) is 5.84. The minimum atomic E-state index is -0.785. The molecule has 18 heavy (non-hydrogen) atoms. The number of rotatable bonds is 4. The van der Waals surface area contributed by atoms with Gasteiger partial charge in [0.2, 0.25) is 0 Å². The molecule has 0 aromatic heterocycles. The molecule has 0 unspecified atom stereocenters. The molecule has 6 heteroatoms. The van der Waals surface area contributed by atoms with Crippen LogP contribution in [-0.4, -0.2) is 30.1 Å². The fraction of sp³-hybridized carbons (Fsp3) is 0.417. The second-order valence-corrected chi connectivity index (χ2v) is 4.27. The quantitative estimate of drug-likeness (QED) is 0.863. The lowest BCUT2D eigenvalue weighted by molar-refractivity contribution is 0.210. The summed E-state index contributed by atoms with van der Waals surface area (Å²) >= 11 is 0. The van der Waals surface area contributed by atoms with E-state index in [-0.39, 0.29) is 11.7 Å². The van der Waals surface area contributed by atoms with Crippen molar-refractivity contribution in [3.05, 3.63) is 29.8 Å². The number of benzene rings is 1. The third-order valence-electron chi connectivity index (χ3n) is 2.79. The number of nitrogens with zero attached hydrogens (tertiary/aromatic N) is 1. The van der Waals surface area contributed by atoms with Crippen LogP contribution in [0.2, 0.25) is 0 Å². The van der Waals surface area contributed by atoms with Crippen molar-refractivity contribution in [2.45, 2.75) is 18.9 Å². The van der Waals surface area contributed by atoms with E-state index in [4.69, 9.17) is 5.73 Å². The van der Waals surface area contributed by atoms with E-state index in [1.54, 1.807) is 4.90 Å². The highest BCUT2D eigenvalue weighted by Crippen LogP contribution is 2.27. The number of amides is 2. The highest BCUT2D eigenvalue weighted by Gasteiger charge is 2.32. The van der Waals surface area contributed by atoms with Gasteiger partial charge in [-0.2, -0.15) is 0 Å². The van der Waals surface area contributed by atoms with Crippen LogP contribution in [0.1, 0.15) is 12.8 Å². The Morgan fingerprint density at radius 1 is 1.44 bits per heavy atom. The molecular weight excluding hydrogens is 240 g/mol. The molecule has 1 aromatic rings. The van der Waals surface area contributed by atoms with E-state index in [2.05, 4.69) is 5.32 Å². The van der Waals surface area contributed by atoms with Gasteiger partial charge in [-0.05, 0) is 25.0 Å². The molecule has 1 aliphatic carbocycles. The molecule has 0 aliphatic heterocycles. The third kappa shape index (κ3) is 2.95. The van der Waals surface area contributed by atoms with Crippen LogP contribution < -0.4 is 11.1 Å². The molecule has 1 saturated carbocycles. The van der Waals surface area contributed by atoms with E-state index >= 15 is 0 Å². The van der Waals surface area contributed by atoms with Crippen LogP contribution in [0, 0.1) is 11.6 Å². The van der Waals surface area contributed by atoms with Crippen molar-refractivity contribution in [2.24, 2.45) is 5.73 Å². The highest BCUT2D eigenvalue weighted by molar-refractivity contribution is 5.89. The lowest BCUT2D eigenvalue weighted by atomic mass is 10.3. The molecule has 98 valence electrons. The number of hydrogen-bond donors (Lipinski definition) is 2. The summed E-state index contributed by atoms with van der Waals surface area (Å²) in [6, 6.07) is 2.84. The molecule has 2 amide bonds. The molecule has 0 bridgehead atoms. The van der Waals surface area contributed by atoms with E-state index in [1.807, 2.05) is 0 Å². The number of anilines is 1. The Morgan fingerprint density at radius 3 is 2.72 bits per heavy atom. The average Bonchev–Trinajstić information content (AvgIpc) is 3.13. The van der Waals surface area contributed by atoms with Gasteiger partial charge in [0.1, 0.15) is 11.6 Å². The maximum Gasteiger partial charge on any atom is 0.322 e.